The fourth-order valence-electron chi connectivity index (χ4n) is 5.51. The van der Waals surface area contributed by atoms with Crippen LogP contribution in [0.1, 0.15) is 50.0 Å². The lowest BCUT2D eigenvalue weighted by Gasteiger charge is -2.30. The molecule has 1 saturated carbocycles. The lowest BCUT2D eigenvalue weighted by Crippen LogP contribution is -2.31. The highest BCUT2D eigenvalue weighted by Crippen LogP contribution is 2.41. The number of hydrogen-bond donors (Lipinski definition) is 1. The molecule has 2 aliphatic rings. The van der Waals surface area contributed by atoms with Crippen molar-refractivity contribution in [3.05, 3.63) is 36.3 Å². The van der Waals surface area contributed by atoms with Crippen LogP contribution < -0.4 is 0 Å². The fraction of sp³-hybridized carbons (Fsp3) is 0.542. The van der Waals surface area contributed by atoms with Crippen LogP contribution in [0.2, 0.25) is 0 Å². The third-order valence-electron chi connectivity index (χ3n) is 7.11. The van der Waals surface area contributed by atoms with Gasteiger partial charge in [-0.2, -0.15) is 0 Å². The molecule has 158 valence electrons. The molecule has 6 heteroatoms. The Kier molecular flexibility index (Phi) is 5.42. The summed E-state index contributed by atoms with van der Waals surface area (Å²) in [6.07, 6.45) is 12.1. The Morgan fingerprint density at radius 1 is 1.17 bits per heavy atom. The molecule has 0 aromatic carbocycles. The second-order valence-electron chi connectivity index (χ2n) is 9.03. The monoisotopic (exact) mass is 406 g/mol. The topological polar surface area (TPSA) is 71.1 Å². The summed E-state index contributed by atoms with van der Waals surface area (Å²) in [7, 11) is 1.74. The van der Waals surface area contributed by atoms with Gasteiger partial charge in [-0.3, -0.25) is 4.79 Å². The molecule has 1 amide bonds. The summed E-state index contributed by atoms with van der Waals surface area (Å²) >= 11 is 0. The van der Waals surface area contributed by atoms with Crippen LogP contribution >= 0.6 is 0 Å². The maximum Gasteiger partial charge on any atom is 0.222 e. The van der Waals surface area contributed by atoms with Crippen molar-refractivity contribution in [3.8, 4) is 0 Å². The minimum atomic E-state index is 0.340. The zero-order valence-corrected chi connectivity index (χ0v) is 17.6. The van der Waals surface area contributed by atoms with Gasteiger partial charge < -0.3 is 14.6 Å². The number of pyridine rings is 2. The Labute approximate surface area is 177 Å². The molecule has 1 unspecified atom stereocenters. The Hall–Kier alpha value is -2.47. The second kappa shape index (κ2) is 8.34. The molecular formula is C24H30N4O2. The number of H-pyrrole nitrogens is 1. The number of rotatable bonds is 5. The van der Waals surface area contributed by atoms with E-state index in [-0.39, 0.29) is 0 Å². The van der Waals surface area contributed by atoms with Crippen LogP contribution in [-0.2, 0) is 9.53 Å². The van der Waals surface area contributed by atoms with Gasteiger partial charge in [0.25, 0.3) is 0 Å². The summed E-state index contributed by atoms with van der Waals surface area (Å²) in [5.41, 5.74) is 3.29. The highest BCUT2D eigenvalue weighted by Gasteiger charge is 2.30. The summed E-state index contributed by atoms with van der Waals surface area (Å²) in [5, 5.41) is 2.40. The molecule has 5 rings (SSSR count). The molecule has 2 fully saturated rings. The standard InChI is InChI=1S/C24H30N4O2/c1-30-15-17-8-11-28(14-17)22(29)12-16-2-4-18(5-3-16)19-6-9-25-21-13-27-24-20(23(19)21)7-10-26-24/h6-7,9-10,13,16-18,25H,2-5,8,11-12,14-15H2,1H3. The van der Waals surface area contributed by atoms with Gasteiger partial charge in [0.1, 0.15) is 0 Å². The van der Waals surface area contributed by atoms with Crippen LogP contribution in [-0.4, -0.2) is 52.6 Å². The highest BCUT2D eigenvalue weighted by atomic mass is 16.5. The zero-order valence-electron chi connectivity index (χ0n) is 17.6. The molecule has 0 bridgehead atoms. The minimum Gasteiger partial charge on any atom is -0.384 e. The number of nitrogens with zero attached hydrogens (tertiary/aromatic N) is 3. The van der Waals surface area contributed by atoms with E-state index in [4.69, 9.17) is 4.74 Å². The van der Waals surface area contributed by atoms with E-state index >= 15 is 0 Å². The fourth-order valence-corrected chi connectivity index (χ4v) is 5.51. The molecule has 3 aromatic rings. The third kappa shape index (κ3) is 3.69. The SMILES string of the molecule is COCC1CCN(C(=O)CC2CCC(c3cc[nH]c4cnc5nccc5c34)CC2)C1. The van der Waals surface area contributed by atoms with E-state index < -0.39 is 0 Å². The molecule has 30 heavy (non-hydrogen) atoms. The quantitative estimate of drug-likeness (QED) is 0.687. The van der Waals surface area contributed by atoms with Crippen LogP contribution in [0.25, 0.3) is 21.9 Å². The normalized spacial score (nSPS) is 24.7. The van der Waals surface area contributed by atoms with E-state index in [1.807, 2.05) is 18.6 Å². The molecule has 4 heterocycles. The number of methoxy groups -OCH3 is 1. The predicted octanol–water partition coefficient (Wildman–Crippen LogP) is 4.27. The second-order valence-corrected chi connectivity index (χ2v) is 9.03. The first-order valence-corrected chi connectivity index (χ1v) is 11.2. The summed E-state index contributed by atoms with van der Waals surface area (Å²) in [6.45, 7) is 2.53. The Morgan fingerprint density at radius 3 is 2.87 bits per heavy atom. The van der Waals surface area contributed by atoms with Crippen molar-refractivity contribution in [3.63, 3.8) is 0 Å². The summed E-state index contributed by atoms with van der Waals surface area (Å²) in [4.78, 5) is 27.0. The van der Waals surface area contributed by atoms with E-state index in [0.717, 1.165) is 68.4 Å². The third-order valence-corrected chi connectivity index (χ3v) is 7.11. The van der Waals surface area contributed by atoms with Gasteiger partial charge in [0.05, 0.1) is 18.3 Å². The van der Waals surface area contributed by atoms with Crippen LogP contribution in [0, 0.1) is 11.8 Å². The number of carbonyl (C=O) groups excluding carboxylic acids is 1. The van der Waals surface area contributed by atoms with E-state index in [1.165, 1.54) is 10.9 Å². The highest BCUT2D eigenvalue weighted by molar-refractivity contribution is 6.05. The van der Waals surface area contributed by atoms with Gasteiger partial charge in [0.2, 0.25) is 5.91 Å². The molecule has 3 aromatic heterocycles. The van der Waals surface area contributed by atoms with Crippen molar-refractivity contribution in [1.82, 2.24) is 19.9 Å². The lowest BCUT2D eigenvalue weighted by atomic mass is 9.76. The average Bonchev–Trinajstić information content (AvgIpc) is 3.44. The summed E-state index contributed by atoms with van der Waals surface area (Å²) < 4.78 is 5.26. The van der Waals surface area contributed by atoms with Gasteiger partial charge in [0.15, 0.2) is 5.65 Å². The lowest BCUT2D eigenvalue weighted by molar-refractivity contribution is -0.131. The van der Waals surface area contributed by atoms with Crippen LogP contribution in [0.3, 0.4) is 0 Å². The molecule has 1 N–H and O–H groups in total. The molecule has 0 spiro atoms. The van der Waals surface area contributed by atoms with E-state index in [1.54, 1.807) is 7.11 Å². The average molecular weight is 407 g/mol. The largest absolute Gasteiger partial charge is 0.384 e. The predicted molar refractivity (Wildman–Crippen MR) is 117 cm³/mol. The van der Waals surface area contributed by atoms with Crippen molar-refractivity contribution in [2.45, 2.75) is 44.4 Å². The maximum absolute atomic E-state index is 12.8. The molecule has 1 atom stereocenters. The minimum absolute atomic E-state index is 0.340. The van der Waals surface area contributed by atoms with Gasteiger partial charge in [-0.15, -0.1) is 0 Å². The first kappa shape index (κ1) is 19.5. The van der Waals surface area contributed by atoms with Crippen molar-refractivity contribution >= 4 is 27.8 Å². The van der Waals surface area contributed by atoms with Gasteiger partial charge >= 0.3 is 0 Å². The molecule has 0 radical (unpaired) electrons. The number of carbonyl (C=O) groups is 1. The van der Waals surface area contributed by atoms with Gasteiger partial charge in [-0.25, -0.2) is 9.97 Å². The number of nitrogens with one attached hydrogen (secondary N) is 1. The Balaban J connectivity index is 1.25. The number of likely N-dealkylation sites (tertiary alicyclic amines) is 1. The van der Waals surface area contributed by atoms with Crippen LogP contribution in [0.15, 0.2) is 30.7 Å². The van der Waals surface area contributed by atoms with Crippen molar-refractivity contribution in [1.29, 1.82) is 0 Å². The molecule has 1 saturated heterocycles. The van der Waals surface area contributed by atoms with Gasteiger partial charge in [-0.1, -0.05) is 0 Å². The van der Waals surface area contributed by atoms with Crippen molar-refractivity contribution in [2.24, 2.45) is 11.8 Å². The molecule has 1 aliphatic carbocycles. The molecular weight excluding hydrogens is 376 g/mol. The molecule has 1 aliphatic heterocycles. The van der Waals surface area contributed by atoms with Crippen molar-refractivity contribution < 1.29 is 9.53 Å². The van der Waals surface area contributed by atoms with E-state index in [9.17, 15) is 4.79 Å². The number of aromatic amines is 1. The van der Waals surface area contributed by atoms with Crippen molar-refractivity contribution in [2.75, 3.05) is 26.8 Å². The maximum atomic E-state index is 12.8. The Bertz CT molecular complexity index is 1040. The van der Waals surface area contributed by atoms with Gasteiger partial charge in [-0.05, 0) is 61.6 Å². The zero-order chi connectivity index (χ0) is 20.5. The van der Waals surface area contributed by atoms with E-state index in [2.05, 4.69) is 32.0 Å². The number of fused-ring (bicyclic) bond motifs is 3. The number of hydrogen-bond acceptors (Lipinski definition) is 4. The molecule has 6 nitrogen and oxygen atoms in total. The Morgan fingerprint density at radius 2 is 2.03 bits per heavy atom. The smallest absolute Gasteiger partial charge is 0.222 e. The van der Waals surface area contributed by atoms with Crippen LogP contribution in [0.5, 0.6) is 0 Å². The van der Waals surface area contributed by atoms with E-state index in [0.29, 0.717) is 30.1 Å². The number of amides is 1. The first-order valence-electron chi connectivity index (χ1n) is 11.2. The number of aromatic nitrogens is 3. The first-order chi connectivity index (χ1) is 14.7. The number of ether oxygens (including phenoxy) is 1. The summed E-state index contributed by atoms with van der Waals surface area (Å²) in [6, 6.07) is 4.30. The van der Waals surface area contributed by atoms with Crippen LogP contribution in [0.4, 0.5) is 0 Å². The van der Waals surface area contributed by atoms with Gasteiger partial charge in [0, 0.05) is 55.7 Å². The summed E-state index contributed by atoms with van der Waals surface area (Å²) in [5.74, 6) is 1.90.